The van der Waals surface area contributed by atoms with Gasteiger partial charge in [-0.1, -0.05) is 13.0 Å². The lowest BCUT2D eigenvalue weighted by molar-refractivity contribution is 0.0735. The van der Waals surface area contributed by atoms with Crippen molar-refractivity contribution in [2.75, 3.05) is 31.1 Å². The molecule has 2 aromatic carbocycles. The third-order valence-electron chi connectivity index (χ3n) is 6.07. The maximum atomic E-state index is 13.4. The number of anilines is 1. The smallest absolute Gasteiger partial charge is 0.270 e. The minimum Gasteiger partial charge on any atom is -0.368 e. The Morgan fingerprint density at radius 1 is 1.00 bits per heavy atom. The number of hydrogen-bond acceptors (Lipinski definition) is 2. The standard InChI is InChI=1S/C24H28FN3O/c1-4-18-6-11-22-21(16-18)17(3)23(28(22)5-2)24(29)27-14-12-26(13-15-27)20-9-7-19(25)8-10-20/h6-11,16H,4-5,12-15H2,1-3H3. The van der Waals surface area contributed by atoms with Crippen LogP contribution in [0, 0.1) is 12.7 Å². The Labute approximate surface area is 171 Å². The molecule has 3 aromatic rings. The molecule has 1 fully saturated rings. The second kappa shape index (κ2) is 7.90. The van der Waals surface area contributed by atoms with Crippen LogP contribution in [0.25, 0.3) is 10.9 Å². The highest BCUT2D eigenvalue weighted by Crippen LogP contribution is 2.28. The number of piperazine rings is 1. The Bertz CT molecular complexity index is 1030. The molecule has 0 spiro atoms. The van der Waals surface area contributed by atoms with Crippen LogP contribution in [0.1, 0.15) is 35.5 Å². The summed E-state index contributed by atoms with van der Waals surface area (Å²) in [6.45, 7) is 9.92. The topological polar surface area (TPSA) is 28.5 Å². The molecule has 0 saturated carbocycles. The van der Waals surface area contributed by atoms with Gasteiger partial charge in [-0.3, -0.25) is 4.79 Å². The molecule has 0 radical (unpaired) electrons. The summed E-state index contributed by atoms with van der Waals surface area (Å²) in [5.41, 5.74) is 5.31. The predicted molar refractivity (Wildman–Crippen MR) is 116 cm³/mol. The van der Waals surface area contributed by atoms with Crippen LogP contribution in [0.15, 0.2) is 42.5 Å². The molecule has 29 heavy (non-hydrogen) atoms. The van der Waals surface area contributed by atoms with Crippen LogP contribution in [0.4, 0.5) is 10.1 Å². The van der Waals surface area contributed by atoms with Crippen molar-refractivity contribution in [2.45, 2.75) is 33.7 Å². The van der Waals surface area contributed by atoms with E-state index in [2.05, 4.69) is 48.4 Å². The first kappa shape index (κ1) is 19.5. The molecule has 0 bridgehead atoms. The van der Waals surface area contributed by atoms with E-state index in [4.69, 9.17) is 0 Å². The summed E-state index contributed by atoms with van der Waals surface area (Å²) < 4.78 is 15.3. The number of amides is 1. The molecule has 2 heterocycles. The van der Waals surface area contributed by atoms with Gasteiger partial charge in [0.2, 0.25) is 0 Å². The van der Waals surface area contributed by atoms with Gasteiger partial charge in [0.25, 0.3) is 5.91 Å². The second-order valence-corrected chi connectivity index (χ2v) is 7.68. The van der Waals surface area contributed by atoms with E-state index in [9.17, 15) is 9.18 Å². The summed E-state index contributed by atoms with van der Waals surface area (Å²) in [7, 11) is 0. The van der Waals surface area contributed by atoms with Gasteiger partial charge in [-0.05, 0) is 67.8 Å². The van der Waals surface area contributed by atoms with Crippen LogP contribution in [-0.2, 0) is 13.0 Å². The first-order valence-electron chi connectivity index (χ1n) is 10.4. The average Bonchev–Trinajstić information content (AvgIpc) is 3.05. The van der Waals surface area contributed by atoms with Crippen molar-refractivity contribution in [2.24, 2.45) is 0 Å². The number of benzene rings is 2. The number of aryl methyl sites for hydroxylation is 3. The number of hydrogen-bond donors (Lipinski definition) is 0. The Morgan fingerprint density at radius 3 is 2.31 bits per heavy atom. The Morgan fingerprint density at radius 2 is 1.69 bits per heavy atom. The number of nitrogens with zero attached hydrogens (tertiary/aromatic N) is 3. The van der Waals surface area contributed by atoms with Crippen LogP contribution >= 0.6 is 0 Å². The van der Waals surface area contributed by atoms with E-state index in [-0.39, 0.29) is 11.7 Å². The molecular formula is C24H28FN3O. The molecule has 152 valence electrons. The largest absolute Gasteiger partial charge is 0.368 e. The van der Waals surface area contributed by atoms with Crippen molar-refractivity contribution >= 4 is 22.5 Å². The van der Waals surface area contributed by atoms with Crippen molar-refractivity contribution in [3.8, 4) is 0 Å². The monoisotopic (exact) mass is 393 g/mol. The van der Waals surface area contributed by atoms with Crippen LogP contribution in [0.3, 0.4) is 0 Å². The Balaban J connectivity index is 1.58. The summed E-state index contributed by atoms with van der Waals surface area (Å²) in [5, 5.41) is 1.18. The molecule has 1 aliphatic heterocycles. The van der Waals surface area contributed by atoms with Gasteiger partial charge in [-0.15, -0.1) is 0 Å². The Kier molecular flexibility index (Phi) is 5.31. The fourth-order valence-corrected chi connectivity index (χ4v) is 4.36. The van der Waals surface area contributed by atoms with Crippen LogP contribution < -0.4 is 4.90 Å². The van der Waals surface area contributed by atoms with Gasteiger partial charge >= 0.3 is 0 Å². The molecule has 1 aliphatic rings. The molecule has 0 aliphatic carbocycles. The van der Waals surface area contributed by atoms with Gasteiger partial charge in [0.05, 0.1) is 0 Å². The van der Waals surface area contributed by atoms with E-state index < -0.39 is 0 Å². The van der Waals surface area contributed by atoms with E-state index in [1.165, 1.54) is 23.1 Å². The van der Waals surface area contributed by atoms with Crippen LogP contribution in [0.2, 0.25) is 0 Å². The number of rotatable bonds is 4. The lowest BCUT2D eigenvalue weighted by atomic mass is 10.1. The lowest BCUT2D eigenvalue weighted by Gasteiger charge is -2.36. The highest BCUT2D eigenvalue weighted by Gasteiger charge is 2.27. The highest BCUT2D eigenvalue weighted by molar-refractivity contribution is 6.02. The summed E-state index contributed by atoms with van der Waals surface area (Å²) in [6.07, 6.45) is 0.987. The number of carbonyl (C=O) groups is 1. The molecule has 1 amide bonds. The molecule has 5 heteroatoms. The van der Waals surface area contributed by atoms with Crippen molar-refractivity contribution < 1.29 is 9.18 Å². The van der Waals surface area contributed by atoms with Gasteiger partial charge < -0.3 is 14.4 Å². The first-order chi connectivity index (χ1) is 14.0. The van der Waals surface area contributed by atoms with Crippen molar-refractivity contribution in [3.63, 3.8) is 0 Å². The molecule has 0 atom stereocenters. The number of carbonyl (C=O) groups excluding carboxylic acids is 1. The van der Waals surface area contributed by atoms with Crippen LogP contribution in [0.5, 0.6) is 0 Å². The molecular weight excluding hydrogens is 365 g/mol. The summed E-state index contributed by atoms with van der Waals surface area (Å²) in [4.78, 5) is 17.6. The fraction of sp³-hybridized carbons (Fsp3) is 0.375. The minimum atomic E-state index is -0.225. The maximum absolute atomic E-state index is 13.4. The van der Waals surface area contributed by atoms with Crippen molar-refractivity contribution in [3.05, 3.63) is 65.1 Å². The zero-order chi connectivity index (χ0) is 20.5. The maximum Gasteiger partial charge on any atom is 0.270 e. The molecule has 4 nitrogen and oxygen atoms in total. The van der Waals surface area contributed by atoms with E-state index in [0.29, 0.717) is 13.1 Å². The summed E-state index contributed by atoms with van der Waals surface area (Å²) in [6, 6.07) is 13.1. The molecule has 0 N–H and O–H groups in total. The van der Waals surface area contributed by atoms with Gasteiger partial charge in [-0.25, -0.2) is 4.39 Å². The van der Waals surface area contributed by atoms with Crippen molar-refractivity contribution in [1.29, 1.82) is 0 Å². The third-order valence-corrected chi connectivity index (χ3v) is 6.07. The van der Waals surface area contributed by atoms with Gasteiger partial charge in [0.15, 0.2) is 0 Å². The van der Waals surface area contributed by atoms with E-state index in [0.717, 1.165) is 48.5 Å². The first-order valence-corrected chi connectivity index (χ1v) is 10.4. The van der Waals surface area contributed by atoms with E-state index in [1.54, 1.807) is 12.1 Å². The lowest BCUT2D eigenvalue weighted by Crippen LogP contribution is -2.49. The summed E-state index contributed by atoms with van der Waals surface area (Å²) >= 11 is 0. The zero-order valence-electron chi connectivity index (χ0n) is 17.4. The van der Waals surface area contributed by atoms with E-state index >= 15 is 0 Å². The molecule has 1 saturated heterocycles. The number of fused-ring (bicyclic) bond motifs is 1. The number of halogens is 1. The fourth-order valence-electron chi connectivity index (χ4n) is 4.36. The minimum absolute atomic E-state index is 0.109. The van der Waals surface area contributed by atoms with Gasteiger partial charge in [0.1, 0.15) is 11.5 Å². The molecule has 4 rings (SSSR count). The zero-order valence-corrected chi connectivity index (χ0v) is 17.4. The van der Waals surface area contributed by atoms with Crippen molar-refractivity contribution in [1.82, 2.24) is 9.47 Å². The predicted octanol–water partition coefficient (Wildman–Crippen LogP) is 4.63. The second-order valence-electron chi connectivity index (χ2n) is 7.68. The molecule has 1 aromatic heterocycles. The average molecular weight is 394 g/mol. The third kappa shape index (κ3) is 3.50. The highest BCUT2D eigenvalue weighted by atomic mass is 19.1. The quantitative estimate of drug-likeness (QED) is 0.646. The molecule has 0 unspecified atom stereocenters. The Hall–Kier alpha value is -2.82. The SMILES string of the molecule is CCc1ccc2c(c1)c(C)c(C(=O)N1CCN(c3ccc(F)cc3)CC1)n2CC. The summed E-state index contributed by atoms with van der Waals surface area (Å²) in [5.74, 6) is -0.117. The van der Waals surface area contributed by atoms with Gasteiger partial charge in [-0.2, -0.15) is 0 Å². The number of aromatic nitrogens is 1. The van der Waals surface area contributed by atoms with Gasteiger partial charge in [0, 0.05) is 49.3 Å². The van der Waals surface area contributed by atoms with E-state index in [1.807, 2.05) is 4.90 Å². The van der Waals surface area contributed by atoms with Crippen LogP contribution in [-0.4, -0.2) is 41.6 Å². The normalized spacial score (nSPS) is 14.6.